The number of hydrogen-bond acceptors (Lipinski definition) is 4. The third-order valence-corrected chi connectivity index (χ3v) is 2.46. The van der Waals surface area contributed by atoms with Gasteiger partial charge in [-0.3, -0.25) is 14.6 Å². The first-order valence-electron chi connectivity index (χ1n) is 4.41. The first-order valence-corrected chi connectivity index (χ1v) is 5.33. The molecule has 1 rings (SSSR count). The lowest BCUT2D eigenvalue weighted by atomic mass is 10.1. The van der Waals surface area contributed by atoms with Crippen molar-refractivity contribution in [3.05, 3.63) is 30.1 Å². The predicted octanol–water partition coefficient (Wildman–Crippen LogP) is 1.59. The lowest BCUT2D eigenvalue weighted by Crippen LogP contribution is -2.26. The van der Waals surface area contributed by atoms with E-state index in [2.05, 4.69) is 20.9 Å². The second-order valence-corrected chi connectivity index (χ2v) is 3.64. The van der Waals surface area contributed by atoms with Gasteiger partial charge < -0.3 is 4.74 Å². The van der Waals surface area contributed by atoms with Crippen molar-refractivity contribution < 1.29 is 14.3 Å². The number of carbonyl (C=O) groups is 2. The van der Waals surface area contributed by atoms with Crippen LogP contribution in [0.3, 0.4) is 0 Å². The van der Waals surface area contributed by atoms with Gasteiger partial charge in [0.1, 0.15) is 0 Å². The summed E-state index contributed by atoms with van der Waals surface area (Å²) in [7, 11) is 0. The van der Waals surface area contributed by atoms with Gasteiger partial charge >= 0.3 is 5.97 Å². The summed E-state index contributed by atoms with van der Waals surface area (Å²) < 4.78 is 4.72. The molecule has 1 atom stereocenters. The largest absolute Gasteiger partial charge is 0.465 e. The second-order valence-electron chi connectivity index (χ2n) is 2.72. The Balaban J connectivity index is 2.73. The van der Waals surface area contributed by atoms with Crippen molar-refractivity contribution in [2.24, 2.45) is 0 Å². The Labute approximate surface area is 95.8 Å². The van der Waals surface area contributed by atoms with Gasteiger partial charge in [-0.05, 0) is 19.1 Å². The van der Waals surface area contributed by atoms with Crippen LogP contribution in [-0.4, -0.2) is 28.2 Å². The van der Waals surface area contributed by atoms with E-state index >= 15 is 0 Å². The van der Waals surface area contributed by atoms with Gasteiger partial charge in [-0.1, -0.05) is 15.9 Å². The SMILES string of the molecule is CCOC(=O)C(Br)C(=O)c1cccnc1. The molecule has 0 N–H and O–H groups in total. The molecule has 0 radical (unpaired) electrons. The summed E-state index contributed by atoms with van der Waals surface area (Å²) in [5.74, 6) is -0.923. The number of pyridine rings is 1. The van der Waals surface area contributed by atoms with Crippen LogP contribution < -0.4 is 0 Å². The molecule has 0 aliphatic rings. The predicted molar refractivity (Wildman–Crippen MR) is 57.9 cm³/mol. The number of esters is 1. The summed E-state index contributed by atoms with van der Waals surface area (Å²) in [4.78, 5) is 25.8. The van der Waals surface area contributed by atoms with Gasteiger partial charge in [0.05, 0.1) is 6.61 Å². The first kappa shape index (κ1) is 11.8. The molecule has 0 amide bonds. The molecule has 0 fully saturated rings. The van der Waals surface area contributed by atoms with Gasteiger partial charge in [-0.15, -0.1) is 0 Å². The molecule has 0 aromatic carbocycles. The van der Waals surface area contributed by atoms with E-state index in [1.54, 1.807) is 25.3 Å². The average molecular weight is 272 g/mol. The molecular formula is C10H10BrNO3. The van der Waals surface area contributed by atoms with Crippen LogP contribution in [0, 0.1) is 0 Å². The fourth-order valence-corrected chi connectivity index (χ4v) is 1.37. The normalized spacial score (nSPS) is 11.9. The van der Waals surface area contributed by atoms with Crippen molar-refractivity contribution in [3.63, 3.8) is 0 Å². The Morgan fingerprint density at radius 2 is 2.33 bits per heavy atom. The summed E-state index contributed by atoms with van der Waals surface area (Å²) in [6.07, 6.45) is 2.97. The molecule has 0 aliphatic carbocycles. The molecule has 1 unspecified atom stereocenters. The van der Waals surface area contributed by atoms with Gasteiger partial charge in [-0.2, -0.15) is 0 Å². The Hall–Kier alpha value is -1.23. The molecular weight excluding hydrogens is 262 g/mol. The minimum Gasteiger partial charge on any atom is -0.465 e. The van der Waals surface area contributed by atoms with Crippen LogP contribution in [0.25, 0.3) is 0 Å². The number of nitrogens with zero attached hydrogens (tertiary/aromatic N) is 1. The molecule has 0 saturated carbocycles. The van der Waals surface area contributed by atoms with E-state index < -0.39 is 10.8 Å². The molecule has 0 bridgehead atoms. The van der Waals surface area contributed by atoms with Crippen molar-refractivity contribution in [2.45, 2.75) is 11.8 Å². The minimum absolute atomic E-state index is 0.251. The molecule has 15 heavy (non-hydrogen) atoms. The lowest BCUT2D eigenvalue weighted by molar-refractivity contribution is -0.141. The van der Waals surface area contributed by atoms with E-state index in [9.17, 15) is 9.59 Å². The van der Waals surface area contributed by atoms with E-state index in [1.807, 2.05) is 0 Å². The molecule has 4 nitrogen and oxygen atoms in total. The van der Waals surface area contributed by atoms with Crippen LogP contribution in [0.15, 0.2) is 24.5 Å². The van der Waals surface area contributed by atoms with Crippen LogP contribution in [0.2, 0.25) is 0 Å². The van der Waals surface area contributed by atoms with Gasteiger partial charge in [0, 0.05) is 18.0 Å². The van der Waals surface area contributed by atoms with Gasteiger partial charge in [0.15, 0.2) is 10.6 Å². The quantitative estimate of drug-likeness (QED) is 0.361. The fourth-order valence-electron chi connectivity index (χ4n) is 0.977. The highest BCUT2D eigenvalue weighted by molar-refractivity contribution is 9.10. The summed E-state index contributed by atoms with van der Waals surface area (Å²) in [6, 6.07) is 3.24. The van der Waals surface area contributed by atoms with E-state index in [-0.39, 0.29) is 12.4 Å². The Kier molecular flexibility index (Phi) is 4.42. The van der Waals surface area contributed by atoms with Crippen LogP contribution in [0.1, 0.15) is 17.3 Å². The maximum absolute atomic E-state index is 11.7. The molecule has 1 aromatic rings. The third kappa shape index (κ3) is 3.13. The van der Waals surface area contributed by atoms with Crippen molar-refractivity contribution in [3.8, 4) is 0 Å². The average Bonchev–Trinajstić information content (AvgIpc) is 2.28. The van der Waals surface area contributed by atoms with Crippen LogP contribution >= 0.6 is 15.9 Å². The molecule has 1 aromatic heterocycles. The third-order valence-electron chi connectivity index (χ3n) is 1.67. The van der Waals surface area contributed by atoms with Crippen molar-refractivity contribution in [2.75, 3.05) is 6.61 Å². The fraction of sp³-hybridized carbons (Fsp3) is 0.300. The van der Waals surface area contributed by atoms with E-state index in [1.165, 1.54) is 6.20 Å². The lowest BCUT2D eigenvalue weighted by Gasteiger charge is -2.07. The summed E-state index contributed by atoms with van der Waals surface area (Å²) in [5.41, 5.74) is 0.382. The number of hydrogen-bond donors (Lipinski definition) is 0. The van der Waals surface area contributed by atoms with E-state index in [0.29, 0.717) is 5.56 Å². The van der Waals surface area contributed by atoms with Crippen molar-refractivity contribution >= 4 is 27.7 Å². The second kappa shape index (κ2) is 5.60. The highest BCUT2D eigenvalue weighted by Gasteiger charge is 2.25. The maximum Gasteiger partial charge on any atom is 0.327 e. The number of carbonyl (C=O) groups excluding carboxylic acids is 2. The van der Waals surface area contributed by atoms with Crippen LogP contribution in [-0.2, 0) is 9.53 Å². The zero-order valence-corrected chi connectivity index (χ0v) is 9.73. The molecule has 0 saturated heterocycles. The highest BCUT2D eigenvalue weighted by atomic mass is 79.9. The smallest absolute Gasteiger partial charge is 0.327 e. The number of Topliss-reactive ketones (excluding diaryl/α,β-unsaturated/α-hetero) is 1. The number of ketones is 1. The standard InChI is InChI=1S/C10H10BrNO3/c1-2-15-10(14)8(11)9(13)7-4-3-5-12-6-7/h3-6,8H,2H2,1H3. The number of ether oxygens (including phenoxy) is 1. The topological polar surface area (TPSA) is 56.3 Å². The number of alkyl halides is 1. The van der Waals surface area contributed by atoms with Gasteiger partial charge in [0.25, 0.3) is 0 Å². The van der Waals surface area contributed by atoms with Crippen LogP contribution in [0.5, 0.6) is 0 Å². The zero-order chi connectivity index (χ0) is 11.3. The number of halogens is 1. The van der Waals surface area contributed by atoms with Gasteiger partial charge in [0.2, 0.25) is 0 Å². The summed E-state index contributed by atoms with van der Waals surface area (Å²) >= 11 is 2.99. The summed E-state index contributed by atoms with van der Waals surface area (Å²) in [5, 5.41) is 0. The minimum atomic E-state index is -0.957. The molecule has 80 valence electrons. The Morgan fingerprint density at radius 3 is 2.87 bits per heavy atom. The van der Waals surface area contributed by atoms with Crippen molar-refractivity contribution in [1.82, 2.24) is 4.98 Å². The number of rotatable bonds is 4. The first-order chi connectivity index (χ1) is 7.16. The monoisotopic (exact) mass is 271 g/mol. The molecule has 5 heteroatoms. The Morgan fingerprint density at radius 1 is 1.60 bits per heavy atom. The van der Waals surface area contributed by atoms with Crippen LogP contribution in [0.4, 0.5) is 0 Å². The van der Waals surface area contributed by atoms with E-state index in [0.717, 1.165) is 0 Å². The molecule has 0 spiro atoms. The number of aromatic nitrogens is 1. The molecule has 0 aliphatic heterocycles. The van der Waals surface area contributed by atoms with E-state index in [4.69, 9.17) is 4.74 Å². The Bertz CT molecular complexity index is 353. The maximum atomic E-state index is 11.7. The van der Waals surface area contributed by atoms with Gasteiger partial charge in [-0.25, -0.2) is 0 Å². The summed E-state index contributed by atoms with van der Waals surface area (Å²) in [6.45, 7) is 1.94. The highest BCUT2D eigenvalue weighted by Crippen LogP contribution is 2.10. The molecule has 1 heterocycles. The van der Waals surface area contributed by atoms with Crippen molar-refractivity contribution in [1.29, 1.82) is 0 Å². The zero-order valence-electron chi connectivity index (χ0n) is 8.14.